The number of ketones is 1. The summed E-state index contributed by atoms with van der Waals surface area (Å²) in [6, 6.07) is 4.09. The van der Waals surface area contributed by atoms with Gasteiger partial charge in [0.15, 0.2) is 5.78 Å². The molecule has 7 heteroatoms. The first-order chi connectivity index (χ1) is 9.47. The molecule has 0 radical (unpaired) electrons. The third kappa shape index (κ3) is 1.64. The summed E-state index contributed by atoms with van der Waals surface area (Å²) in [4.78, 5) is 32.1. The summed E-state index contributed by atoms with van der Waals surface area (Å²) < 4.78 is 0. The van der Waals surface area contributed by atoms with Gasteiger partial charge >= 0.3 is 0 Å². The number of nitro benzene ring substituents is 1. The molecule has 0 unspecified atom stereocenters. The first-order valence-electron chi connectivity index (χ1n) is 5.60. The van der Waals surface area contributed by atoms with Crippen molar-refractivity contribution in [2.45, 2.75) is 0 Å². The lowest BCUT2D eigenvalue weighted by molar-refractivity contribution is -0.417. The van der Waals surface area contributed by atoms with Crippen molar-refractivity contribution in [1.29, 1.82) is 0 Å². The topological polar surface area (TPSA) is 103 Å². The zero-order valence-corrected chi connectivity index (χ0v) is 9.90. The number of nitro groups is 2. The number of hydrogen-bond donors (Lipinski definition) is 0. The van der Waals surface area contributed by atoms with Gasteiger partial charge in [0.25, 0.3) is 11.4 Å². The van der Waals surface area contributed by atoms with Gasteiger partial charge in [-0.15, -0.1) is 0 Å². The maximum Gasteiger partial charge on any atom is 0.281 e. The minimum atomic E-state index is -0.620. The Hall–Kier alpha value is -3.09. The maximum atomic E-state index is 11.4. The molecule has 0 saturated heterocycles. The lowest BCUT2D eigenvalue weighted by Gasteiger charge is -2.06. The monoisotopic (exact) mass is 270 g/mol. The second-order valence-corrected chi connectivity index (χ2v) is 4.34. The third-order valence-electron chi connectivity index (χ3n) is 3.14. The molecule has 0 N–H and O–H groups in total. The van der Waals surface area contributed by atoms with E-state index in [0.29, 0.717) is 21.6 Å². The molecular weight excluding hydrogens is 264 g/mol. The van der Waals surface area contributed by atoms with Gasteiger partial charge in [-0.2, -0.15) is 0 Å². The van der Waals surface area contributed by atoms with Gasteiger partial charge < -0.3 is 0 Å². The van der Waals surface area contributed by atoms with Gasteiger partial charge in [-0.3, -0.25) is 25.0 Å². The van der Waals surface area contributed by atoms with Crippen LogP contribution in [-0.4, -0.2) is 15.6 Å². The highest BCUT2D eigenvalue weighted by Crippen LogP contribution is 2.27. The molecule has 0 aliphatic heterocycles. The van der Waals surface area contributed by atoms with Crippen LogP contribution >= 0.6 is 0 Å². The number of fused-ring (bicyclic) bond motifs is 2. The lowest BCUT2D eigenvalue weighted by atomic mass is 9.97. The minimum absolute atomic E-state index is 0.0993. The molecule has 0 bridgehead atoms. The summed E-state index contributed by atoms with van der Waals surface area (Å²) in [6.07, 6.45) is 3.80. The molecule has 0 amide bonds. The predicted octanol–water partition coefficient (Wildman–Crippen LogP) is 0.209. The number of allylic oxidation sites excluding steroid dienone is 3. The summed E-state index contributed by atoms with van der Waals surface area (Å²) in [5.41, 5.74) is 0.369. The fraction of sp³-hybridized carbons (Fsp3) is 0. The highest BCUT2D eigenvalue weighted by molar-refractivity contribution is 6.10. The lowest BCUT2D eigenvalue weighted by Crippen LogP contribution is -2.25. The van der Waals surface area contributed by atoms with E-state index < -0.39 is 15.6 Å². The average Bonchev–Trinajstić information content (AvgIpc) is 2.73. The van der Waals surface area contributed by atoms with E-state index in [4.69, 9.17) is 0 Å². The second-order valence-electron chi connectivity index (χ2n) is 4.34. The third-order valence-corrected chi connectivity index (χ3v) is 3.14. The fourth-order valence-electron chi connectivity index (χ4n) is 2.35. The summed E-state index contributed by atoms with van der Waals surface area (Å²) in [7, 11) is 0. The molecular formula is C13H6N2O5. The molecule has 0 aromatic heterocycles. The van der Waals surface area contributed by atoms with Crippen molar-refractivity contribution in [1.82, 2.24) is 0 Å². The van der Waals surface area contributed by atoms with Crippen molar-refractivity contribution in [3.63, 3.8) is 0 Å². The van der Waals surface area contributed by atoms with Crippen molar-refractivity contribution >= 4 is 23.1 Å². The molecule has 1 aromatic carbocycles. The molecule has 0 spiro atoms. The van der Waals surface area contributed by atoms with Crippen LogP contribution in [0.4, 0.5) is 5.69 Å². The molecule has 20 heavy (non-hydrogen) atoms. The molecule has 2 aliphatic rings. The Kier molecular flexibility index (Phi) is 2.37. The number of rotatable bonds is 2. The quantitative estimate of drug-likeness (QED) is 0.564. The van der Waals surface area contributed by atoms with E-state index in [1.165, 1.54) is 24.3 Å². The Morgan fingerprint density at radius 2 is 1.70 bits per heavy atom. The van der Waals surface area contributed by atoms with Gasteiger partial charge in [-0.25, -0.2) is 0 Å². The van der Waals surface area contributed by atoms with Crippen molar-refractivity contribution < 1.29 is 14.6 Å². The SMILES string of the molecule is O=C1C=C2C=c3cc([N+](=O)[O-])ccc3=C2C([N+](=O)[O-])=C1. The van der Waals surface area contributed by atoms with Crippen LogP contribution in [0.1, 0.15) is 0 Å². The van der Waals surface area contributed by atoms with E-state index in [1.807, 2.05) is 0 Å². The number of nitrogens with zero attached hydrogens (tertiary/aromatic N) is 2. The van der Waals surface area contributed by atoms with Gasteiger partial charge in [0.1, 0.15) is 0 Å². The van der Waals surface area contributed by atoms with Crippen LogP contribution in [0.25, 0.3) is 11.6 Å². The molecule has 7 nitrogen and oxygen atoms in total. The minimum Gasteiger partial charge on any atom is -0.290 e. The molecule has 98 valence electrons. The Morgan fingerprint density at radius 1 is 0.950 bits per heavy atom. The van der Waals surface area contributed by atoms with E-state index >= 15 is 0 Å². The van der Waals surface area contributed by atoms with Crippen LogP contribution in [0.3, 0.4) is 0 Å². The van der Waals surface area contributed by atoms with E-state index in [2.05, 4.69) is 0 Å². The van der Waals surface area contributed by atoms with Gasteiger partial charge in [0.05, 0.1) is 21.5 Å². The zero-order valence-electron chi connectivity index (χ0n) is 9.90. The van der Waals surface area contributed by atoms with E-state index in [0.717, 1.165) is 6.08 Å². The smallest absolute Gasteiger partial charge is 0.281 e. The summed E-state index contributed by atoms with van der Waals surface area (Å²) in [6.45, 7) is 0. The largest absolute Gasteiger partial charge is 0.290 e. The second kappa shape index (κ2) is 3.95. The Morgan fingerprint density at radius 3 is 2.35 bits per heavy atom. The molecule has 0 atom stereocenters. The van der Waals surface area contributed by atoms with Crippen LogP contribution in [0.2, 0.25) is 0 Å². The molecule has 0 saturated carbocycles. The standard InChI is InChI=1S/C13H6N2O5/c16-10-5-8-3-7-4-9(14(17)18)1-2-11(7)13(8)12(6-10)15(19)20/h1-6H. The van der Waals surface area contributed by atoms with Gasteiger partial charge in [-0.1, -0.05) is 0 Å². The van der Waals surface area contributed by atoms with E-state index in [1.54, 1.807) is 6.08 Å². The number of benzene rings is 1. The molecule has 0 heterocycles. The Bertz CT molecular complexity index is 877. The summed E-state index contributed by atoms with van der Waals surface area (Å²) in [5, 5.41) is 22.8. The van der Waals surface area contributed by atoms with Crippen LogP contribution < -0.4 is 10.4 Å². The van der Waals surface area contributed by atoms with Crippen LogP contribution in [0.15, 0.2) is 41.6 Å². The molecule has 3 rings (SSSR count). The normalized spacial score (nSPS) is 15.8. The zero-order chi connectivity index (χ0) is 14.4. The molecule has 0 fully saturated rings. The number of hydrogen-bond acceptors (Lipinski definition) is 5. The van der Waals surface area contributed by atoms with Crippen molar-refractivity contribution in [2.24, 2.45) is 0 Å². The number of carbonyl (C=O) groups excluding carboxylic acids is 1. The van der Waals surface area contributed by atoms with Crippen molar-refractivity contribution in [2.75, 3.05) is 0 Å². The number of carbonyl (C=O) groups is 1. The average molecular weight is 270 g/mol. The van der Waals surface area contributed by atoms with Crippen LogP contribution in [0.5, 0.6) is 0 Å². The van der Waals surface area contributed by atoms with Gasteiger partial charge in [-0.05, 0) is 34.2 Å². The Balaban J connectivity index is 2.36. The summed E-state index contributed by atoms with van der Waals surface area (Å²) in [5.74, 6) is -0.464. The highest BCUT2D eigenvalue weighted by atomic mass is 16.6. The predicted molar refractivity (Wildman–Crippen MR) is 68.4 cm³/mol. The maximum absolute atomic E-state index is 11.4. The summed E-state index contributed by atoms with van der Waals surface area (Å²) >= 11 is 0. The van der Waals surface area contributed by atoms with Crippen LogP contribution in [-0.2, 0) is 4.79 Å². The van der Waals surface area contributed by atoms with Gasteiger partial charge in [0, 0.05) is 12.1 Å². The molecule has 1 aromatic rings. The Labute approximate surface area is 111 Å². The van der Waals surface area contributed by atoms with Crippen molar-refractivity contribution in [3.05, 3.63) is 72.3 Å². The van der Waals surface area contributed by atoms with E-state index in [9.17, 15) is 25.0 Å². The first-order valence-corrected chi connectivity index (χ1v) is 5.60. The van der Waals surface area contributed by atoms with Crippen molar-refractivity contribution in [3.8, 4) is 0 Å². The highest BCUT2D eigenvalue weighted by Gasteiger charge is 2.29. The van der Waals surface area contributed by atoms with Gasteiger partial charge in [0.2, 0.25) is 0 Å². The fourth-order valence-corrected chi connectivity index (χ4v) is 2.35. The van der Waals surface area contributed by atoms with E-state index in [-0.39, 0.29) is 11.4 Å². The molecule has 2 aliphatic carbocycles. The van der Waals surface area contributed by atoms with Crippen LogP contribution in [0, 0.1) is 20.2 Å². The first kappa shape index (κ1) is 12.0. The number of non-ortho nitro benzene ring substituents is 1.